The van der Waals surface area contributed by atoms with E-state index < -0.39 is 11.6 Å². The van der Waals surface area contributed by atoms with Crippen LogP contribution in [0.15, 0.2) is 30.3 Å². The van der Waals surface area contributed by atoms with Crippen LogP contribution in [-0.2, 0) is 0 Å². The fourth-order valence-electron chi connectivity index (χ4n) is 2.04. The van der Waals surface area contributed by atoms with Crippen LogP contribution in [0.5, 0.6) is 11.5 Å². The van der Waals surface area contributed by atoms with Gasteiger partial charge in [0, 0.05) is 12.1 Å². The molecule has 0 amide bonds. The van der Waals surface area contributed by atoms with Crippen molar-refractivity contribution >= 4 is 5.69 Å². The Bertz CT molecular complexity index is 659. The molecule has 0 bridgehead atoms. The van der Waals surface area contributed by atoms with Gasteiger partial charge in [-0.1, -0.05) is 6.07 Å². The predicted molar refractivity (Wildman–Crippen MR) is 77.8 cm³/mol. The summed E-state index contributed by atoms with van der Waals surface area (Å²) in [6.07, 6.45) is 0. The van der Waals surface area contributed by atoms with Crippen LogP contribution in [0.2, 0.25) is 0 Å². The molecule has 2 rings (SSSR count). The SMILES string of the molecule is COc1cc(C(C)Nc2cc(F)c(C)cc2F)ccc1O. The van der Waals surface area contributed by atoms with Crippen LogP contribution in [0, 0.1) is 18.6 Å². The van der Waals surface area contributed by atoms with Crippen LogP contribution in [0.25, 0.3) is 0 Å². The molecule has 0 aliphatic heterocycles. The van der Waals surface area contributed by atoms with E-state index in [2.05, 4.69) is 5.32 Å². The summed E-state index contributed by atoms with van der Waals surface area (Å²) >= 11 is 0. The summed E-state index contributed by atoms with van der Waals surface area (Å²) in [5, 5.41) is 12.5. The number of hydrogen-bond donors (Lipinski definition) is 2. The van der Waals surface area contributed by atoms with Crippen molar-refractivity contribution in [3.05, 3.63) is 53.1 Å². The van der Waals surface area contributed by atoms with Gasteiger partial charge in [-0.3, -0.25) is 0 Å². The van der Waals surface area contributed by atoms with Crippen molar-refractivity contribution < 1.29 is 18.6 Å². The minimum atomic E-state index is -0.508. The van der Waals surface area contributed by atoms with E-state index in [-0.39, 0.29) is 23.0 Å². The Morgan fingerprint density at radius 1 is 1.14 bits per heavy atom. The molecule has 1 atom stereocenters. The highest BCUT2D eigenvalue weighted by atomic mass is 19.1. The summed E-state index contributed by atoms with van der Waals surface area (Å²) in [5.74, 6) is -0.612. The lowest BCUT2D eigenvalue weighted by Gasteiger charge is -2.18. The molecule has 2 aromatic carbocycles. The zero-order valence-corrected chi connectivity index (χ0v) is 12.1. The van der Waals surface area contributed by atoms with E-state index in [4.69, 9.17) is 4.74 Å². The van der Waals surface area contributed by atoms with Crippen LogP contribution in [0.4, 0.5) is 14.5 Å². The van der Waals surface area contributed by atoms with Crippen LogP contribution < -0.4 is 10.1 Å². The summed E-state index contributed by atoms with van der Waals surface area (Å²) in [7, 11) is 1.45. The van der Waals surface area contributed by atoms with Gasteiger partial charge in [0.05, 0.1) is 12.8 Å². The quantitative estimate of drug-likeness (QED) is 0.889. The zero-order valence-electron chi connectivity index (χ0n) is 12.1. The van der Waals surface area contributed by atoms with Crippen molar-refractivity contribution in [2.75, 3.05) is 12.4 Å². The lowest BCUT2D eigenvalue weighted by atomic mass is 10.1. The fourth-order valence-corrected chi connectivity index (χ4v) is 2.04. The van der Waals surface area contributed by atoms with Crippen molar-refractivity contribution in [2.45, 2.75) is 19.9 Å². The standard InChI is InChI=1S/C16H17F2NO2/c1-9-6-13(18)14(8-12(9)17)19-10(2)11-4-5-15(20)16(7-11)21-3/h4-8,10,19-20H,1-3H3. The highest BCUT2D eigenvalue weighted by Gasteiger charge is 2.13. The predicted octanol–water partition coefficient (Wildman–Crippen LogP) is 4.16. The van der Waals surface area contributed by atoms with E-state index in [1.54, 1.807) is 12.1 Å². The first-order chi connectivity index (χ1) is 9.92. The van der Waals surface area contributed by atoms with Gasteiger partial charge in [0.1, 0.15) is 11.6 Å². The van der Waals surface area contributed by atoms with E-state index in [1.807, 2.05) is 6.92 Å². The van der Waals surface area contributed by atoms with E-state index >= 15 is 0 Å². The van der Waals surface area contributed by atoms with Crippen LogP contribution >= 0.6 is 0 Å². The maximum Gasteiger partial charge on any atom is 0.160 e. The first-order valence-corrected chi connectivity index (χ1v) is 6.51. The summed E-state index contributed by atoms with van der Waals surface area (Å²) in [6, 6.07) is 6.85. The number of aryl methyl sites for hydroxylation is 1. The Balaban J connectivity index is 2.25. The van der Waals surface area contributed by atoms with Gasteiger partial charge in [-0.05, 0) is 43.2 Å². The average molecular weight is 293 g/mol. The molecule has 2 N–H and O–H groups in total. The van der Waals surface area contributed by atoms with Crippen molar-refractivity contribution in [3.8, 4) is 11.5 Å². The Morgan fingerprint density at radius 3 is 2.52 bits per heavy atom. The van der Waals surface area contributed by atoms with Gasteiger partial charge in [-0.2, -0.15) is 0 Å². The number of methoxy groups -OCH3 is 1. The van der Waals surface area contributed by atoms with Gasteiger partial charge in [0.25, 0.3) is 0 Å². The third-order valence-electron chi connectivity index (χ3n) is 3.32. The lowest BCUT2D eigenvalue weighted by molar-refractivity contribution is 0.373. The monoisotopic (exact) mass is 293 g/mol. The van der Waals surface area contributed by atoms with E-state index in [0.717, 1.165) is 17.7 Å². The fraction of sp³-hybridized carbons (Fsp3) is 0.250. The molecule has 0 saturated carbocycles. The summed E-state index contributed by atoms with van der Waals surface area (Å²) in [6.45, 7) is 3.32. The van der Waals surface area contributed by atoms with Crippen LogP contribution in [0.3, 0.4) is 0 Å². The third kappa shape index (κ3) is 3.24. The first-order valence-electron chi connectivity index (χ1n) is 6.51. The molecule has 0 aromatic heterocycles. The van der Waals surface area contributed by atoms with Gasteiger partial charge < -0.3 is 15.2 Å². The molecular formula is C16H17F2NO2. The van der Waals surface area contributed by atoms with Crippen LogP contribution in [-0.4, -0.2) is 12.2 Å². The summed E-state index contributed by atoms with van der Waals surface area (Å²) in [4.78, 5) is 0. The van der Waals surface area contributed by atoms with Crippen molar-refractivity contribution in [1.82, 2.24) is 0 Å². The minimum Gasteiger partial charge on any atom is -0.504 e. The van der Waals surface area contributed by atoms with E-state index in [9.17, 15) is 13.9 Å². The van der Waals surface area contributed by atoms with Gasteiger partial charge in [-0.25, -0.2) is 8.78 Å². The van der Waals surface area contributed by atoms with Crippen LogP contribution in [0.1, 0.15) is 24.1 Å². The number of benzene rings is 2. The molecule has 0 aliphatic rings. The molecule has 0 heterocycles. The number of aromatic hydroxyl groups is 1. The van der Waals surface area contributed by atoms with E-state index in [1.165, 1.54) is 20.1 Å². The highest BCUT2D eigenvalue weighted by molar-refractivity contribution is 5.50. The number of rotatable bonds is 4. The number of halogens is 2. The molecule has 21 heavy (non-hydrogen) atoms. The number of hydrogen-bond acceptors (Lipinski definition) is 3. The first kappa shape index (κ1) is 15.1. The molecular weight excluding hydrogens is 276 g/mol. The summed E-state index contributed by atoms with van der Waals surface area (Å²) < 4.78 is 32.4. The Morgan fingerprint density at radius 2 is 1.86 bits per heavy atom. The largest absolute Gasteiger partial charge is 0.504 e. The maximum absolute atomic E-state index is 13.8. The molecule has 2 aromatic rings. The van der Waals surface area contributed by atoms with Crippen molar-refractivity contribution in [2.24, 2.45) is 0 Å². The van der Waals surface area contributed by atoms with Gasteiger partial charge in [-0.15, -0.1) is 0 Å². The molecule has 0 saturated heterocycles. The lowest BCUT2D eigenvalue weighted by Crippen LogP contribution is -2.09. The zero-order chi connectivity index (χ0) is 15.6. The van der Waals surface area contributed by atoms with Crippen molar-refractivity contribution in [1.29, 1.82) is 0 Å². The molecule has 0 fully saturated rings. The molecule has 1 unspecified atom stereocenters. The third-order valence-corrected chi connectivity index (χ3v) is 3.32. The molecule has 0 spiro atoms. The normalized spacial score (nSPS) is 12.0. The Kier molecular flexibility index (Phi) is 4.31. The minimum absolute atomic E-state index is 0.0287. The number of phenolic OH excluding ortho intramolecular Hbond substituents is 1. The highest BCUT2D eigenvalue weighted by Crippen LogP contribution is 2.31. The second kappa shape index (κ2) is 5.99. The topological polar surface area (TPSA) is 41.5 Å². The number of nitrogens with one attached hydrogen (secondary N) is 1. The smallest absolute Gasteiger partial charge is 0.160 e. The second-order valence-corrected chi connectivity index (χ2v) is 4.88. The number of anilines is 1. The maximum atomic E-state index is 13.8. The second-order valence-electron chi connectivity index (χ2n) is 4.88. The molecule has 5 heteroatoms. The van der Waals surface area contributed by atoms with E-state index in [0.29, 0.717) is 5.75 Å². The summed E-state index contributed by atoms with van der Waals surface area (Å²) in [5.41, 5.74) is 1.14. The number of ether oxygens (including phenoxy) is 1. The molecule has 3 nitrogen and oxygen atoms in total. The average Bonchev–Trinajstić information content (AvgIpc) is 2.45. The van der Waals surface area contributed by atoms with Gasteiger partial charge in [0.2, 0.25) is 0 Å². The number of phenols is 1. The Hall–Kier alpha value is -2.30. The molecule has 0 aliphatic carbocycles. The molecule has 0 radical (unpaired) electrons. The van der Waals surface area contributed by atoms with Gasteiger partial charge >= 0.3 is 0 Å². The van der Waals surface area contributed by atoms with Gasteiger partial charge in [0.15, 0.2) is 11.5 Å². The molecule has 112 valence electrons. The Labute approximate surface area is 122 Å². The van der Waals surface area contributed by atoms with Crippen molar-refractivity contribution in [3.63, 3.8) is 0 Å².